The Morgan fingerprint density at radius 2 is 1.12 bits per heavy atom. The summed E-state index contributed by atoms with van der Waals surface area (Å²) in [5.74, 6) is -0.0423. The summed E-state index contributed by atoms with van der Waals surface area (Å²) in [7, 11) is 4.14. The molecule has 0 fully saturated rings. The normalized spacial score (nSPS) is 16.2. The maximum absolute atomic E-state index is 13.8. The molecule has 2 unspecified atom stereocenters. The van der Waals surface area contributed by atoms with Crippen molar-refractivity contribution >= 4 is 39.7 Å². The first-order valence-electron chi connectivity index (χ1n) is 16.4. The first kappa shape index (κ1) is 29.5. The minimum atomic E-state index is -0.240. The van der Waals surface area contributed by atoms with Gasteiger partial charge in [-0.05, 0) is 101 Å². The Balaban J connectivity index is 1.18. The number of fused-ring (bicyclic) bond motifs is 3. The van der Waals surface area contributed by atoms with Crippen molar-refractivity contribution in [2.45, 2.75) is 12.0 Å². The fourth-order valence-electron chi connectivity index (χ4n) is 7.05. The predicted molar refractivity (Wildman–Crippen MR) is 200 cm³/mol. The van der Waals surface area contributed by atoms with E-state index in [1.165, 1.54) is 45.8 Å². The summed E-state index contributed by atoms with van der Waals surface area (Å²) in [6.45, 7) is 0. The van der Waals surface area contributed by atoms with E-state index in [2.05, 4.69) is 161 Å². The van der Waals surface area contributed by atoms with Gasteiger partial charge in [-0.25, -0.2) is 4.39 Å². The summed E-state index contributed by atoms with van der Waals surface area (Å²) in [6, 6.07) is 52.2. The topological polar surface area (TPSA) is 9.72 Å². The van der Waals surface area contributed by atoms with E-state index in [1.54, 1.807) is 0 Å². The molecule has 2 aliphatic rings. The summed E-state index contributed by atoms with van der Waals surface area (Å²) in [5, 5.41) is 0. The second kappa shape index (κ2) is 12.4. The van der Waals surface area contributed by atoms with Crippen LogP contribution in [0.15, 0.2) is 170 Å². The third kappa shape index (κ3) is 5.46. The summed E-state index contributed by atoms with van der Waals surface area (Å²) >= 11 is 0. The number of allylic oxidation sites excluding steroid dienone is 2. The average Bonchev–Trinajstić information content (AvgIpc) is 3.49. The quantitative estimate of drug-likeness (QED) is 0.175. The van der Waals surface area contributed by atoms with Gasteiger partial charge in [-0.15, -0.1) is 0 Å². The molecule has 0 spiro atoms. The number of anilines is 6. The van der Waals surface area contributed by atoms with E-state index < -0.39 is 0 Å². The van der Waals surface area contributed by atoms with Crippen molar-refractivity contribution in [1.82, 2.24) is 0 Å². The van der Waals surface area contributed by atoms with E-state index in [0.717, 1.165) is 28.3 Å². The molecule has 0 saturated carbocycles. The summed E-state index contributed by atoms with van der Waals surface area (Å²) in [6.07, 6.45) is 7.08. The Bertz CT molecular complexity index is 2120. The van der Waals surface area contributed by atoms with Crippen molar-refractivity contribution in [3.63, 3.8) is 0 Å². The average molecular weight is 626 g/mol. The van der Waals surface area contributed by atoms with Crippen LogP contribution in [0.3, 0.4) is 0 Å². The van der Waals surface area contributed by atoms with Crippen LogP contribution in [-0.2, 0) is 0 Å². The van der Waals surface area contributed by atoms with Crippen molar-refractivity contribution in [2.24, 2.45) is 0 Å². The molecule has 6 aromatic rings. The van der Waals surface area contributed by atoms with Crippen LogP contribution < -0.4 is 14.7 Å². The smallest absolute Gasteiger partial charge is 0.123 e. The molecule has 1 aliphatic carbocycles. The van der Waals surface area contributed by atoms with Gasteiger partial charge in [0.25, 0.3) is 0 Å². The van der Waals surface area contributed by atoms with Crippen LogP contribution in [0.4, 0.5) is 38.5 Å². The number of nitrogens with zero attached hydrogens (tertiary/aromatic N) is 3. The third-order valence-electron chi connectivity index (χ3n) is 9.67. The van der Waals surface area contributed by atoms with Crippen LogP contribution in [0.2, 0.25) is 0 Å². The number of hydrogen-bond acceptors (Lipinski definition) is 3. The maximum atomic E-state index is 13.8. The minimum Gasteiger partial charge on any atom is -0.345 e. The van der Waals surface area contributed by atoms with Gasteiger partial charge in [-0.3, -0.25) is 0 Å². The van der Waals surface area contributed by atoms with Crippen molar-refractivity contribution in [3.8, 4) is 11.1 Å². The number of benzene rings is 6. The SMILES string of the molecule is CN(c1ccccc1)c1cc(C2=CC3c4ccccc4N(c4ccc(-c5ccccc5)cc4)C3C=C2)cc(N(C)c2ccc(F)cc2)c1. The fraction of sp³-hybridized carbons (Fsp3) is 0.0909. The number of halogens is 1. The highest BCUT2D eigenvalue weighted by Crippen LogP contribution is 2.49. The second-order valence-electron chi connectivity index (χ2n) is 12.5. The Morgan fingerprint density at radius 1 is 0.542 bits per heavy atom. The van der Waals surface area contributed by atoms with E-state index in [4.69, 9.17) is 0 Å². The molecule has 0 radical (unpaired) electrons. The molecule has 0 aromatic heterocycles. The zero-order chi connectivity index (χ0) is 32.6. The molecular formula is C44H36FN3. The van der Waals surface area contributed by atoms with E-state index in [9.17, 15) is 4.39 Å². The number of para-hydroxylation sites is 2. The second-order valence-corrected chi connectivity index (χ2v) is 12.5. The van der Waals surface area contributed by atoms with Crippen molar-refractivity contribution < 1.29 is 4.39 Å². The molecule has 8 rings (SSSR count). The molecule has 2 atom stereocenters. The number of hydrogen-bond donors (Lipinski definition) is 0. The van der Waals surface area contributed by atoms with E-state index in [-0.39, 0.29) is 17.8 Å². The molecule has 0 amide bonds. The van der Waals surface area contributed by atoms with Crippen LogP contribution in [0.1, 0.15) is 17.0 Å². The van der Waals surface area contributed by atoms with Gasteiger partial charge in [-0.2, -0.15) is 0 Å². The standard InChI is InChI=1S/C44H36FN3/c1-46(36-13-7-4-8-14-36)39-27-34(28-40(30-39)47(2)37-24-20-35(45)21-25-37)33-19-26-44-42(29-33)41-15-9-10-16-43(41)48(44)38-22-17-32(18-23-38)31-11-5-3-6-12-31/h3-30,42,44H,1-2H3. The molecule has 4 heteroatoms. The van der Waals surface area contributed by atoms with Gasteiger partial charge in [0.2, 0.25) is 0 Å². The number of rotatable bonds is 7. The van der Waals surface area contributed by atoms with Crippen molar-refractivity contribution in [2.75, 3.05) is 28.8 Å². The molecule has 0 saturated heterocycles. The van der Waals surface area contributed by atoms with Gasteiger partial charge < -0.3 is 14.7 Å². The highest BCUT2D eigenvalue weighted by molar-refractivity contribution is 5.86. The van der Waals surface area contributed by atoms with Crippen molar-refractivity contribution in [1.29, 1.82) is 0 Å². The first-order valence-corrected chi connectivity index (χ1v) is 16.4. The van der Waals surface area contributed by atoms with Crippen LogP contribution >= 0.6 is 0 Å². The van der Waals surface area contributed by atoms with Crippen LogP contribution in [0.5, 0.6) is 0 Å². The van der Waals surface area contributed by atoms with Crippen molar-refractivity contribution in [3.05, 3.63) is 187 Å². The molecule has 0 bridgehead atoms. The molecule has 1 heterocycles. The minimum absolute atomic E-state index is 0.172. The highest BCUT2D eigenvalue weighted by atomic mass is 19.1. The Hall–Kier alpha value is -5.87. The molecule has 234 valence electrons. The van der Waals surface area contributed by atoms with Gasteiger partial charge in [-0.1, -0.05) is 97.1 Å². The predicted octanol–water partition coefficient (Wildman–Crippen LogP) is 11.3. The summed E-state index contributed by atoms with van der Waals surface area (Å²) in [4.78, 5) is 6.81. The molecule has 0 N–H and O–H groups in total. The van der Waals surface area contributed by atoms with Gasteiger partial charge in [0.15, 0.2) is 0 Å². The Kier molecular flexibility index (Phi) is 7.62. The fourth-order valence-corrected chi connectivity index (χ4v) is 7.05. The molecular weight excluding hydrogens is 590 g/mol. The van der Waals surface area contributed by atoms with Gasteiger partial charge in [0.1, 0.15) is 5.82 Å². The molecule has 3 nitrogen and oxygen atoms in total. The largest absolute Gasteiger partial charge is 0.345 e. The van der Waals surface area contributed by atoms with E-state index in [0.29, 0.717) is 0 Å². The third-order valence-corrected chi connectivity index (χ3v) is 9.67. The first-order chi connectivity index (χ1) is 23.5. The monoisotopic (exact) mass is 625 g/mol. The maximum Gasteiger partial charge on any atom is 0.123 e. The zero-order valence-corrected chi connectivity index (χ0v) is 27.0. The Labute approximate surface area is 282 Å². The lowest BCUT2D eigenvalue weighted by Crippen LogP contribution is -2.28. The zero-order valence-electron chi connectivity index (χ0n) is 27.0. The lowest BCUT2D eigenvalue weighted by atomic mass is 9.86. The van der Waals surface area contributed by atoms with Crippen LogP contribution in [-0.4, -0.2) is 20.1 Å². The van der Waals surface area contributed by atoms with Crippen LogP contribution in [0.25, 0.3) is 16.7 Å². The summed E-state index contributed by atoms with van der Waals surface area (Å²) in [5.41, 5.74) is 12.7. The Morgan fingerprint density at radius 3 is 1.81 bits per heavy atom. The van der Waals surface area contributed by atoms with Crippen LogP contribution in [0, 0.1) is 5.82 Å². The lowest BCUT2D eigenvalue weighted by Gasteiger charge is -2.30. The highest BCUT2D eigenvalue weighted by Gasteiger charge is 2.38. The molecule has 48 heavy (non-hydrogen) atoms. The summed E-state index contributed by atoms with van der Waals surface area (Å²) < 4.78 is 13.8. The van der Waals surface area contributed by atoms with Gasteiger partial charge >= 0.3 is 0 Å². The molecule has 6 aromatic carbocycles. The van der Waals surface area contributed by atoms with Gasteiger partial charge in [0, 0.05) is 54.1 Å². The lowest BCUT2D eigenvalue weighted by molar-refractivity contribution is 0.628. The van der Waals surface area contributed by atoms with Gasteiger partial charge in [0.05, 0.1) is 6.04 Å². The molecule has 1 aliphatic heterocycles. The van der Waals surface area contributed by atoms with E-state index in [1.807, 2.05) is 25.2 Å². The van der Waals surface area contributed by atoms with E-state index >= 15 is 0 Å².